The van der Waals surface area contributed by atoms with E-state index >= 15 is 0 Å². The van der Waals surface area contributed by atoms with Crippen LogP contribution >= 0.6 is 0 Å². The summed E-state index contributed by atoms with van der Waals surface area (Å²) in [6, 6.07) is 5.68. The van der Waals surface area contributed by atoms with E-state index in [1.54, 1.807) is 19.1 Å². The number of carbonyl (C=O) groups is 2. The highest BCUT2D eigenvalue weighted by atomic mass is 16.5. The molecular weight excluding hydrogens is 332 g/mol. The van der Waals surface area contributed by atoms with Crippen LogP contribution in [0.4, 0.5) is 0 Å². The van der Waals surface area contributed by atoms with Gasteiger partial charge in [0.2, 0.25) is 11.8 Å². The minimum Gasteiger partial charge on any atom is -0.493 e. The van der Waals surface area contributed by atoms with Gasteiger partial charge in [-0.2, -0.15) is 0 Å². The molecule has 1 aromatic carbocycles. The van der Waals surface area contributed by atoms with E-state index in [-0.39, 0.29) is 29.6 Å². The number of para-hydroxylation sites is 1. The number of likely N-dealkylation sites (tertiary alicyclic amines) is 1. The summed E-state index contributed by atoms with van der Waals surface area (Å²) in [5.41, 5.74) is 0.905. The van der Waals surface area contributed by atoms with Crippen molar-refractivity contribution in [3.63, 3.8) is 0 Å². The summed E-state index contributed by atoms with van der Waals surface area (Å²) >= 11 is 0. The van der Waals surface area contributed by atoms with E-state index in [9.17, 15) is 9.59 Å². The molecule has 0 aliphatic carbocycles. The van der Waals surface area contributed by atoms with Crippen molar-refractivity contribution >= 4 is 11.8 Å². The smallest absolute Gasteiger partial charge is 0.225 e. The van der Waals surface area contributed by atoms with E-state index in [1.165, 1.54) is 0 Å². The van der Waals surface area contributed by atoms with Gasteiger partial charge in [-0.1, -0.05) is 32.9 Å². The fraction of sp³-hybridized carbons (Fsp3) is 0.600. The summed E-state index contributed by atoms with van der Waals surface area (Å²) in [6.45, 7) is 7.35. The van der Waals surface area contributed by atoms with Crippen LogP contribution in [0.15, 0.2) is 18.2 Å². The topological polar surface area (TPSA) is 67.9 Å². The Morgan fingerprint density at radius 2 is 1.96 bits per heavy atom. The number of ether oxygens (including phenoxy) is 2. The standard InChI is InChI=1S/C20H30N2O4/c1-6-10-21-19(23)16-12-22(20(24)13(2)3)11-15(16)14-8-7-9-17(25-4)18(14)26-5/h7-9,13,15-16H,6,10-12H2,1-5H3,(H,21,23). The zero-order valence-corrected chi connectivity index (χ0v) is 16.4. The Morgan fingerprint density at radius 3 is 2.54 bits per heavy atom. The molecule has 1 aromatic rings. The van der Waals surface area contributed by atoms with Crippen molar-refractivity contribution in [3.8, 4) is 11.5 Å². The number of rotatable bonds is 7. The molecule has 2 rings (SSSR count). The molecule has 0 bridgehead atoms. The summed E-state index contributed by atoms with van der Waals surface area (Å²) in [6.07, 6.45) is 0.875. The molecule has 144 valence electrons. The molecule has 2 unspecified atom stereocenters. The van der Waals surface area contributed by atoms with Crippen molar-refractivity contribution in [1.82, 2.24) is 10.2 Å². The molecule has 0 radical (unpaired) electrons. The molecule has 0 spiro atoms. The molecule has 2 amide bonds. The Hall–Kier alpha value is -2.24. The summed E-state index contributed by atoms with van der Waals surface area (Å²) in [5, 5.41) is 2.98. The molecule has 1 fully saturated rings. The molecule has 1 saturated heterocycles. The first-order valence-electron chi connectivity index (χ1n) is 9.21. The fourth-order valence-electron chi connectivity index (χ4n) is 3.51. The van der Waals surface area contributed by atoms with Crippen LogP contribution in [-0.4, -0.2) is 50.6 Å². The van der Waals surface area contributed by atoms with Gasteiger partial charge in [0.05, 0.1) is 20.1 Å². The number of nitrogens with zero attached hydrogens (tertiary/aromatic N) is 1. The highest BCUT2D eigenvalue weighted by Crippen LogP contribution is 2.42. The molecule has 6 heteroatoms. The van der Waals surface area contributed by atoms with Gasteiger partial charge in [-0.05, 0) is 12.5 Å². The minimum absolute atomic E-state index is 0.0132. The summed E-state index contributed by atoms with van der Waals surface area (Å²) < 4.78 is 11.0. The third-order valence-electron chi connectivity index (χ3n) is 4.84. The van der Waals surface area contributed by atoms with Crippen LogP contribution in [0.25, 0.3) is 0 Å². The maximum atomic E-state index is 12.8. The van der Waals surface area contributed by atoms with E-state index in [1.807, 2.05) is 39.0 Å². The highest BCUT2D eigenvalue weighted by molar-refractivity contribution is 5.84. The van der Waals surface area contributed by atoms with E-state index in [4.69, 9.17) is 9.47 Å². The van der Waals surface area contributed by atoms with Gasteiger partial charge >= 0.3 is 0 Å². The Morgan fingerprint density at radius 1 is 1.23 bits per heavy atom. The van der Waals surface area contributed by atoms with Crippen molar-refractivity contribution in [2.24, 2.45) is 11.8 Å². The molecule has 1 aliphatic heterocycles. The monoisotopic (exact) mass is 362 g/mol. The second-order valence-electron chi connectivity index (χ2n) is 6.98. The number of benzene rings is 1. The number of methoxy groups -OCH3 is 2. The second-order valence-corrected chi connectivity index (χ2v) is 6.98. The number of nitrogens with one attached hydrogen (secondary N) is 1. The average molecular weight is 362 g/mol. The van der Waals surface area contributed by atoms with Crippen LogP contribution in [0, 0.1) is 11.8 Å². The van der Waals surface area contributed by atoms with Crippen molar-refractivity contribution in [1.29, 1.82) is 0 Å². The Balaban J connectivity index is 2.38. The van der Waals surface area contributed by atoms with Crippen molar-refractivity contribution < 1.29 is 19.1 Å². The molecule has 0 aromatic heterocycles. The van der Waals surface area contributed by atoms with Crippen molar-refractivity contribution in [2.45, 2.75) is 33.1 Å². The van der Waals surface area contributed by atoms with Gasteiger partial charge in [-0.15, -0.1) is 0 Å². The van der Waals surface area contributed by atoms with Gasteiger partial charge in [0.25, 0.3) is 0 Å². The highest BCUT2D eigenvalue weighted by Gasteiger charge is 2.42. The lowest BCUT2D eigenvalue weighted by molar-refractivity contribution is -0.133. The fourth-order valence-corrected chi connectivity index (χ4v) is 3.51. The maximum Gasteiger partial charge on any atom is 0.225 e. The van der Waals surface area contributed by atoms with E-state index in [2.05, 4.69) is 5.32 Å². The molecule has 0 saturated carbocycles. The first-order chi connectivity index (χ1) is 12.4. The number of hydrogen-bond acceptors (Lipinski definition) is 4. The van der Waals surface area contributed by atoms with Crippen LogP contribution < -0.4 is 14.8 Å². The summed E-state index contributed by atoms with van der Waals surface area (Å²) in [4.78, 5) is 27.1. The van der Waals surface area contributed by atoms with Crippen molar-refractivity contribution in [3.05, 3.63) is 23.8 Å². The largest absolute Gasteiger partial charge is 0.493 e. The number of hydrogen-bond donors (Lipinski definition) is 1. The molecule has 1 heterocycles. The zero-order valence-electron chi connectivity index (χ0n) is 16.4. The predicted octanol–water partition coefficient (Wildman–Crippen LogP) is 2.43. The van der Waals surface area contributed by atoms with Crippen LogP contribution in [0.2, 0.25) is 0 Å². The van der Waals surface area contributed by atoms with Gasteiger partial charge in [-0.3, -0.25) is 9.59 Å². The second kappa shape index (κ2) is 8.92. The minimum atomic E-state index is -0.301. The van der Waals surface area contributed by atoms with E-state index in [0.717, 1.165) is 12.0 Å². The van der Waals surface area contributed by atoms with E-state index < -0.39 is 0 Å². The van der Waals surface area contributed by atoms with Crippen LogP contribution in [0.1, 0.15) is 38.7 Å². The molecule has 2 atom stereocenters. The average Bonchev–Trinajstić information content (AvgIpc) is 3.09. The molecular formula is C20H30N2O4. The molecule has 1 N–H and O–H groups in total. The molecule has 6 nitrogen and oxygen atoms in total. The first kappa shape index (κ1) is 20.1. The lowest BCUT2D eigenvalue weighted by Gasteiger charge is -2.21. The Kier molecular flexibility index (Phi) is 6.89. The lowest BCUT2D eigenvalue weighted by Crippen LogP contribution is -2.36. The van der Waals surface area contributed by atoms with Gasteiger partial charge < -0.3 is 19.7 Å². The van der Waals surface area contributed by atoms with Gasteiger partial charge in [0, 0.05) is 37.0 Å². The quantitative estimate of drug-likeness (QED) is 0.809. The van der Waals surface area contributed by atoms with E-state index in [0.29, 0.717) is 31.1 Å². The Labute approximate surface area is 155 Å². The van der Waals surface area contributed by atoms with Crippen LogP contribution in [0.5, 0.6) is 11.5 Å². The van der Waals surface area contributed by atoms with Crippen LogP contribution in [-0.2, 0) is 9.59 Å². The SMILES string of the molecule is CCCNC(=O)C1CN(C(=O)C(C)C)CC1c1cccc(OC)c1OC. The molecule has 26 heavy (non-hydrogen) atoms. The third-order valence-corrected chi connectivity index (χ3v) is 4.84. The summed E-state index contributed by atoms with van der Waals surface area (Å²) in [5.74, 6) is 0.798. The third kappa shape index (κ3) is 4.11. The Bertz CT molecular complexity index is 645. The number of carbonyl (C=O) groups excluding carboxylic acids is 2. The van der Waals surface area contributed by atoms with Gasteiger partial charge in [0.1, 0.15) is 0 Å². The number of amides is 2. The predicted molar refractivity (Wildman–Crippen MR) is 100 cm³/mol. The maximum absolute atomic E-state index is 12.8. The normalized spacial score (nSPS) is 19.5. The molecule has 1 aliphatic rings. The van der Waals surface area contributed by atoms with Crippen LogP contribution in [0.3, 0.4) is 0 Å². The van der Waals surface area contributed by atoms with Gasteiger partial charge in [0.15, 0.2) is 11.5 Å². The summed E-state index contributed by atoms with van der Waals surface area (Å²) in [7, 11) is 3.19. The van der Waals surface area contributed by atoms with Crippen molar-refractivity contribution in [2.75, 3.05) is 33.9 Å². The zero-order chi connectivity index (χ0) is 19.3. The lowest BCUT2D eigenvalue weighted by atomic mass is 9.87. The van der Waals surface area contributed by atoms with Gasteiger partial charge in [-0.25, -0.2) is 0 Å². The first-order valence-corrected chi connectivity index (χ1v) is 9.21.